The van der Waals surface area contributed by atoms with Crippen molar-refractivity contribution in [2.45, 2.75) is 38.1 Å². The molecule has 0 aliphatic carbocycles. The summed E-state index contributed by atoms with van der Waals surface area (Å²) < 4.78 is 0. The Balaban J connectivity index is 2.25. The molecule has 1 fully saturated rings. The van der Waals surface area contributed by atoms with Gasteiger partial charge in [-0.05, 0) is 31.9 Å². The molecular formula is C14H20N2O. The van der Waals surface area contributed by atoms with Crippen LogP contribution in [0, 0.1) is 6.92 Å². The topological polar surface area (TPSA) is 55.1 Å². The van der Waals surface area contributed by atoms with Crippen LogP contribution in [-0.2, 0) is 4.79 Å². The fourth-order valence-corrected chi connectivity index (χ4v) is 2.62. The quantitative estimate of drug-likeness (QED) is 0.833. The summed E-state index contributed by atoms with van der Waals surface area (Å²) in [4.78, 5) is 11.7. The second kappa shape index (κ2) is 5.32. The highest BCUT2D eigenvalue weighted by molar-refractivity contribution is 5.82. The van der Waals surface area contributed by atoms with E-state index in [-0.39, 0.29) is 17.9 Å². The molecule has 2 rings (SSSR count). The molecule has 1 aromatic rings. The van der Waals surface area contributed by atoms with Crippen LogP contribution in [0.1, 0.15) is 36.3 Å². The first kappa shape index (κ1) is 12.1. The van der Waals surface area contributed by atoms with Crippen molar-refractivity contribution in [3.8, 4) is 0 Å². The Kier molecular flexibility index (Phi) is 3.79. The summed E-state index contributed by atoms with van der Waals surface area (Å²) in [5.41, 5.74) is 7.78. The molecule has 17 heavy (non-hydrogen) atoms. The van der Waals surface area contributed by atoms with E-state index < -0.39 is 0 Å². The van der Waals surface area contributed by atoms with Crippen LogP contribution in [0.2, 0.25) is 0 Å². The highest BCUT2D eigenvalue weighted by Crippen LogP contribution is 2.25. The Labute approximate surface area is 102 Å². The number of carbonyl (C=O) groups excluding carboxylic acids is 1. The van der Waals surface area contributed by atoms with Crippen molar-refractivity contribution in [3.63, 3.8) is 0 Å². The SMILES string of the molecule is Cc1cccc([C@H](C(N)=O)[C@@H]2CCCCN2)c1. The highest BCUT2D eigenvalue weighted by atomic mass is 16.1. The molecule has 0 spiro atoms. The van der Waals surface area contributed by atoms with Gasteiger partial charge in [0.25, 0.3) is 0 Å². The van der Waals surface area contributed by atoms with Gasteiger partial charge in [0.1, 0.15) is 0 Å². The lowest BCUT2D eigenvalue weighted by Crippen LogP contribution is -2.43. The van der Waals surface area contributed by atoms with Gasteiger partial charge in [0.2, 0.25) is 5.91 Å². The second-order valence-corrected chi connectivity index (χ2v) is 4.85. The van der Waals surface area contributed by atoms with E-state index in [4.69, 9.17) is 5.73 Å². The molecule has 2 atom stereocenters. The van der Waals surface area contributed by atoms with E-state index >= 15 is 0 Å². The normalized spacial score (nSPS) is 22.1. The van der Waals surface area contributed by atoms with Gasteiger partial charge in [-0.2, -0.15) is 0 Å². The molecule has 3 nitrogen and oxygen atoms in total. The first-order valence-electron chi connectivity index (χ1n) is 6.28. The number of nitrogens with two attached hydrogens (primary N) is 1. The minimum atomic E-state index is -0.227. The van der Waals surface area contributed by atoms with Gasteiger partial charge >= 0.3 is 0 Å². The summed E-state index contributed by atoms with van der Waals surface area (Å²) in [6.07, 6.45) is 3.39. The van der Waals surface area contributed by atoms with Crippen LogP contribution in [-0.4, -0.2) is 18.5 Å². The van der Waals surface area contributed by atoms with Crippen LogP contribution in [0.15, 0.2) is 24.3 Å². The molecule has 92 valence electrons. The van der Waals surface area contributed by atoms with Crippen LogP contribution < -0.4 is 11.1 Å². The van der Waals surface area contributed by atoms with Gasteiger partial charge in [-0.25, -0.2) is 0 Å². The maximum Gasteiger partial charge on any atom is 0.226 e. The number of benzene rings is 1. The number of hydrogen-bond donors (Lipinski definition) is 2. The Bertz CT molecular complexity index is 397. The monoisotopic (exact) mass is 232 g/mol. The summed E-state index contributed by atoms with van der Waals surface area (Å²) >= 11 is 0. The molecule has 3 heteroatoms. The maximum absolute atomic E-state index is 11.7. The molecule has 1 aliphatic heterocycles. The number of hydrogen-bond acceptors (Lipinski definition) is 2. The molecule has 1 aliphatic rings. The first-order chi connectivity index (χ1) is 8.18. The lowest BCUT2D eigenvalue weighted by molar-refractivity contribution is -0.120. The molecule has 3 N–H and O–H groups in total. The molecule has 0 bridgehead atoms. The zero-order valence-electron chi connectivity index (χ0n) is 10.3. The number of nitrogens with one attached hydrogen (secondary N) is 1. The minimum Gasteiger partial charge on any atom is -0.369 e. The van der Waals surface area contributed by atoms with Crippen molar-refractivity contribution in [1.82, 2.24) is 5.32 Å². The van der Waals surface area contributed by atoms with E-state index in [2.05, 4.69) is 11.4 Å². The standard InChI is InChI=1S/C14H20N2O/c1-10-5-4-6-11(9-10)13(14(15)17)12-7-2-3-8-16-12/h4-6,9,12-13,16H,2-3,7-8H2,1H3,(H2,15,17)/t12-,13-/m0/s1. The smallest absolute Gasteiger partial charge is 0.226 e. The van der Waals surface area contributed by atoms with Gasteiger partial charge in [0.15, 0.2) is 0 Å². The summed E-state index contributed by atoms with van der Waals surface area (Å²) in [5.74, 6) is -0.426. The summed E-state index contributed by atoms with van der Waals surface area (Å²) in [6.45, 7) is 3.02. The van der Waals surface area contributed by atoms with Crippen molar-refractivity contribution in [2.24, 2.45) is 5.73 Å². The van der Waals surface area contributed by atoms with Crippen LogP contribution in [0.3, 0.4) is 0 Å². The largest absolute Gasteiger partial charge is 0.369 e. The first-order valence-corrected chi connectivity index (χ1v) is 6.28. The third-order valence-corrected chi connectivity index (χ3v) is 3.46. The van der Waals surface area contributed by atoms with Gasteiger partial charge in [-0.15, -0.1) is 0 Å². The van der Waals surface area contributed by atoms with E-state index in [1.165, 1.54) is 18.4 Å². The van der Waals surface area contributed by atoms with Gasteiger partial charge in [0.05, 0.1) is 5.92 Å². The van der Waals surface area contributed by atoms with E-state index in [1.54, 1.807) is 0 Å². The van der Waals surface area contributed by atoms with E-state index in [1.807, 2.05) is 25.1 Å². The Hall–Kier alpha value is -1.35. The number of rotatable bonds is 3. The zero-order valence-corrected chi connectivity index (χ0v) is 10.3. The number of aryl methyl sites for hydroxylation is 1. The number of amides is 1. The second-order valence-electron chi connectivity index (χ2n) is 4.85. The highest BCUT2D eigenvalue weighted by Gasteiger charge is 2.29. The van der Waals surface area contributed by atoms with Gasteiger partial charge in [-0.1, -0.05) is 36.2 Å². The molecule has 0 saturated carbocycles. The van der Waals surface area contributed by atoms with E-state index in [9.17, 15) is 4.79 Å². The fourth-order valence-electron chi connectivity index (χ4n) is 2.62. The molecule has 1 amide bonds. The van der Waals surface area contributed by atoms with Gasteiger partial charge in [-0.3, -0.25) is 4.79 Å². The fraction of sp³-hybridized carbons (Fsp3) is 0.500. The molecule has 0 radical (unpaired) electrons. The van der Waals surface area contributed by atoms with E-state index in [0.29, 0.717) is 0 Å². The molecule has 1 aromatic carbocycles. The van der Waals surface area contributed by atoms with Crippen molar-refractivity contribution in [2.75, 3.05) is 6.54 Å². The number of piperidine rings is 1. The lowest BCUT2D eigenvalue weighted by Gasteiger charge is -2.29. The molecular weight excluding hydrogens is 212 g/mol. The van der Waals surface area contributed by atoms with E-state index in [0.717, 1.165) is 18.5 Å². The van der Waals surface area contributed by atoms with Crippen molar-refractivity contribution < 1.29 is 4.79 Å². The third kappa shape index (κ3) is 2.86. The van der Waals surface area contributed by atoms with Crippen LogP contribution in [0.5, 0.6) is 0 Å². The van der Waals surface area contributed by atoms with Crippen molar-refractivity contribution in [3.05, 3.63) is 35.4 Å². The predicted octanol–water partition coefficient (Wildman–Crippen LogP) is 1.71. The molecule has 1 heterocycles. The lowest BCUT2D eigenvalue weighted by atomic mass is 9.85. The third-order valence-electron chi connectivity index (χ3n) is 3.46. The summed E-state index contributed by atoms with van der Waals surface area (Å²) in [6, 6.07) is 8.28. The van der Waals surface area contributed by atoms with Crippen molar-refractivity contribution >= 4 is 5.91 Å². The van der Waals surface area contributed by atoms with Crippen LogP contribution >= 0.6 is 0 Å². The Morgan fingerprint density at radius 3 is 2.88 bits per heavy atom. The average Bonchev–Trinajstić information content (AvgIpc) is 2.30. The molecule has 0 aromatic heterocycles. The predicted molar refractivity (Wildman–Crippen MR) is 68.8 cm³/mol. The minimum absolute atomic E-state index is 0.197. The Morgan fingerprint density at radius 1 is 1.47 bits per heavy atom. The molecule has 0 unspecified atom stereocenters. The number of primary amides is 1. The maximum atomic E-state index is 11.7. The summed E-state index contributed by atoms with van der Waals surface area (Å²) in [5, 5.41) is 3.42. The van der Waals surface area contributed by atoms with Crippen LogP contribution in [0.25, 0.3) is 0 Å². The zero-order chi connectivity index (χ0) is 12.3. The van der Waals surface area contributed by atoms with Gasteiger partial charge in [0, 0.05) is 6.04 Å². The van der Waals surface area contributed by atoms with Crippen LogP contribution in [0.4, 0.5) is 0 Å². The van der Waals surface area contributed by atoms with Crippen molar-refractivity contribution in [1.29, 1.82) is 0 Å². The van der Waals surface area contributed by atoms with Gasteiger partial charge < -0.3 is 11.1 Å². The Morgan fingerprint density at radius 2 is 2.29 bits per heavy atom. The average molecular weight is 232 g/mol. The molecule has 1 saturated heterocycles. The number of carbonyl (C=O) groups is 1. The summed E-state index contributed by atoms with van der Waals surface area (Å²) in [7, 11) is 0.